The molecule has 120 valence electrons. The van der Waals surface area contributed by atoms with Crippen molar-refractivity contribution in [1.29, 1.82) is 0 Å². The maximum absolute atomic E-state index is 12.5. The number of aromatic nitrogens is 4. The number of nitrogens with zero attached hydrogens (tertiary/aromatic N) is 4. The number of benzene rings is 1. The maximum Gasteiger partial charge on any atom is 0.243 e. The Labute approximate surface area is 136 Å². The summed E-state index contributed by atoms with van der Waals surface area (Å²) in [5.74, 6) is 0. The van der Waals surface area contributed by atoms with Crippen LogP contribution in [0.3, 0.4) is 0 Å². The predicted octanol–water partition coefficient (Wildman–Crippen LogP) is 0.469. The number of hydrogen-bond donors (Lipinski definition) is 2. The molecule has 0 saturated carbocycles. The van der Waals surface area contributed by atoms with E-state index in [-0.39, 0.29) is 11.4 Å². The van der Waals surface area contributed by atoms with Crippen LogP contribution < -0.4 is 10.0 Å². The second kappa shape index (κ2) is 5.64. The Hall–Kier alpha value is -1.88. The molecule has 0 amide bonds. The van der Waals surface area contributed by atoms with Gasteiger partial charge in [-0.3, -0.25) is 4.68 Å². The summed E-state index contributed by atoms with van der Waals surface area (Å²) in [4.78, 5) is 0.148. The molecule has 10 heteroatoms. The van der Waals surface area contributed by atoms with E-state index < -0.39 is 10.0 Å². The molecule has 1 aromatic carbocycles. The predicted molar refractivity (Wildman–Crippen MR) is 85.4 cm³/mol. The molecule has 3 heterocycles. The van der Waals surface area contributed by atoms with Gasteiger partial charge in [-0.1, -0.05) is 6.07 Å². The minimum atomic E-state index is -3.67. The third-order valence-corrected chi connectivity index (χ3v) is 5.68. The lowest BCUT2D eigenvalue weighted by Crippen LogP contribution is -2.28. The summed E-state index contributed by atoms with van der Waals surface area (Å²) in [5.41, 5.74) is 2.76. The topological polar surface area (TPSA) is 102 Å². The molecule has 0 spiro atoms. The average Bonchev–Trinajstić information content (AvgIpc) is 3.18. The van der Waals surface area contributed by atoms with E-state index in [2.05, 4.69) is 23.9 Å². The van der Waals surface area contributed by atoms with Gasteiger partial charge in [0.15, 0.2) is 0 Å². The second-order valence-electron chi connectivity index (χ2n) is 5.24. The average molecular weight is 350 g/mol. The van der Waals surface area contributed by atoms with Crippen LogP contribution in [0.4, 0.5) is 0 Å². The molecular formula is C13H14N6O2S2. The van der Waals surface area contributed by atoms with Crippen molar-refractivity contribution >= 4 is 32.8 Å². The Balaban J connectivity index is 1.58. The zero-order valence-corrected chi connectivity index (χ0v) is 13.7. The Kier molecular flexibility index (Phi) is 3.60. The van der Waals surface area contributed by atoms with Crippen molar-refractivity contribution in [2.45, 2.75) is 24.5 Å². The molecule has 1 aliphatic heterocycles. The number of hydrogen-bond acceptors (Lipinski definition) is 7. The third-order valence-electron chi connectivity index (χ3n) is 3.70. The number of nitrogens with one attached hydrogen (secondary N) is 2. The van der Waals surface area contributed by atoms with Crippen molar-refractivity contribution in [3.8, 4) is 0 Å². The highest BCUT2D eigenvalue weighted by Crippen LogP contribution is 2.21. The van der Waals surface area contributed by atoms with Gasteiger partial charge in [0.1, 0.15) is 15.9 Å². The SMILES string of the molecule is O=S(=O)(NCc1cc2n(n1)CCNC2)c1cccc2nsnc12. The van der Waals surface area contributed by atoms with Gasteiger partial charge in [0, 0.05) is 13.1 Å². The monoisotopic (exact) mass is 350 g/mol. The molecule has 1 aliphatic rings. The smallest absolute Gasteiger partial charge is 0.243 e. The first-order valence-electron chi connectivity index (χ1n) is 7.11. The maximum atomic E-state index is 12.5. The summed E-state index contributed by atoms with van der Waals surface area (Å²) in [5, 5.41) is 7.68. The van der Waals surface area contributed by atoms with Crippen molar-refractivity contribution in [3.05, 3.63) is 35.7 Å². The lowest BCUT2D eigenvalue weighted by molar-refractivity contribution is 0.473. The first-order valence-corrected chi connectivity index (χ1v) is 9.32. The summed E-state index contributed by atoms with van der Waals surface area (Å²) >= 11 is 1.00. The Morgan fingerprint density at radius 2 is 2.26 bits per heavy atom. The highest BCUT2D eigenvalue weighted by molar-refractivity contribution is 7.89. The molecular weight excluding hydrogens is 336 g/mol. The largest absolute Gasteiger partial charge is 0.309 e. The van der Waals surface area contributed by atoms with E-state index in [4.69, 9.17) is 0 Å². The van der Waals surface area contributed by atoms with E-state index in [0.717, 1.165) is 37.1 Å². The minimum Gasteiger partial charge on any atom is -0.309 e. The number of sulfonamides is 1. The molecule has 23 heavy (non-hydrogen) atoms. The standard InChI is InChI=1S/C13H14N6O2S2/c20-23(21,12-3-1-2-11-13(12)18-22-17-11)15-7-9-6-10-8-14-4-5-19(10)16-9/h1-3,6,14-15H,4-5,7-8H2. The summed E-state index contributed by atoms with van der Waals surface area (Å²) < 4.78 is 37.7. The van der Waals surface area contributed by atoms with Gasteiger partial charge in [-0.2, -0.15) is 13.8 Å². The quantitative estimate of drug-likeness (QED) is 0.709. The summed E-state index contributed by atoms with van der Waals surface area (Å²) in [6.45, 7) is 2.57. The molecule has 0 aliphatic carbocycles. The normalized spacial score (nSPS) is 15.0. The van der Waals surface area contributed by atoms with E-state index in [1.807, 2.05) is 10.7 Å². The van der Waals surface area contributed by atoms with Crippen LogP contribution in [-0.2, 0) is 29.7 Å². The van der Waals surface area contributed by atoms with Crippen molar-refractivity contribution in [2.24, 2.45) is 0 Å². The zero-order valence-electron chi connectivity index (χ0n) is 12.1. The summed E-state index contributed by atoms with van der Waals surface area (Å²) in [6, 6.07) is 6.86. The van der Waals surface area contributed by atoms with Crippen molar-refractivity contribution in [2.75, 3.05) is 6.54 Å². The molecule has 2 aromatic heterocycles. The van der Waals surface area contributed by atoms with Gasteiger partial charge in [-0.15, -0.1) is 0 Å². The summed E-state index contributed by atoms with van der Waals surface area (Å²) in [7, 11) is -3.67. The number of rotatable bonds is 4. The number of fused-ring (bicyclic) bond motifs is 2. The molecule has 0 saturated heterocycles. The van der Waals surface area contributed by atoms with E-state index in [9.17, 15) is 8.42 Å². The fourth-order valence-corrected chi connectivity index (χ4v) is 4.35. The highest BCUT2D eigenvalue weighted by Gasteiger charge is 2.20. The molecule has 0 radical (unpaired) electrons. The van der Waals surface area contributed by atoms with Crippen LogP contribution in [0.25, 0.3) is 11.0 Å². The molecule has 4 rings (SSSR count). The zero-order chi connectivity index (χ0) is 15.9. The molecule has 8 nitrogen and oxygen atoms in total. The molecule has 2 N–H and O–H groups in total. The fraction of sp³-hybridized carbons (Fsp3) is 0.308. The van der Waals surface area contributed by atoms with Crippen molar-refractivity contribution in [1.82, 2.24) is 28.6 Å². The molecule has 3 aromatic rings. The molecule has 0 unspecified atom stereocenters. The Bertz CT molecular complexity index is 938. The van der Waals surface area contributed by atoms with Crippen LogP contribution in [0.2, 0.25) is 0 Å². The van der Waals surface area contributed by atoms with E-state index >= 15 is 0 Å². The van der Waals surface area contributed by atoms with Gasteiger partial charge < -0.3 is 5.32 Å². The van der Waals surface area contributed by atoms with Crippen LogP contribution in [0.1, 0.15) is 11.4 Å². The van der Waals surface area contributed by atoms with E-state index in [0.29, 0.717) is 16.7 Å². The van der Waals surface area contributed by atoms with Gasteiger partial charge in [0.2, 0.25) is 10.0 Å². The van der Waals surface area contributed by atoms with Crippen molar-refractivity contribution < 1.29 is 8.42 Å². The second-order valence-corrected chi connectivity index (χ2v) is 7.50. The summed E-state index contributed by atoms with van der Waals surface area (Å²) in [6.07, 6.45) is 0. The molecule has 0 bridgehead atoms. The molecule has 0 fully saturated rings. The van der Waals surface area contributed by atoms with Gasteiger partial charge >= 0.3 is 0 Å². The van der Waals surface area contributed by atoms with E-state index in [1.54, 1.807) is 12.1 Å². The van der Waals surface area contributed by atoms with Crippen LogP contribution in [0, 0.1) is 0 Å². The van der Waals surface area contributed by atoms with Gasteiger partial charge in [-0.05, 0) is 18.2 Å². The lowest BCUT2D eigenvalue weighted by Gasteiger charge is -2.13. The third kappa shape index (κ3) is 2.74. The Morgan fingerprint density at radius 3 is 3.13 bits per heavy atom. The first-order chi connectivity index (χ1) is 11.1. The lowest BCUT2D eigenvalue weighted by atomic mass is 10.3. The van der Waals surface area contributed by atoms with Gasteiger partial charge in [0.05, 0.1) is 36.2 Å². The molecule has 0 atom stereocenters. The minimum absolute atomic E-state index is 0.148. The van der Waals surface area contributed by atoms with Crippen LogP contribution in [0.5, 0.6) is 0 Å². The highest BCUT2D eigenvalue weighted by atomic mass is 32.2. The van der Waals surface area contributed by atoms with Gasteiger partial charge in [0.25, 0.3) is 0 Å². The fourth-order valence-electron chi connectivity index (χ4n) is 2.58. The Morgan fingerprint density at radius 1 is 1.35 bits per heavy atom. The van der Waals surface area contributed by atoms with Crippen LogP contribution >= 0.6 is 11.7 Å². The first kappa shape index (κ1) is 14.7. The van der Waals surface area contributed by atoms with E-state index in [1.165, 1.54) is 6.07 Å². The van der Waals surface area contributed by atoms with Crippen LogP contribution in [0.15, 0.2) is 29.2 Å². The van der Waals surface area contributed by atoms with Crippen LogP contribution in [-0.4, -0.2) is 33.5 Å². The van der Waals surface area contributed by atoms with Crippen molar-refractivity contribution in [3.63, 3.8) is 0 Å². The van der Waals surface area contributed by atoms with Gasteiger partial charge in [-0.25, -0.2) is 13.1 Å².